The van der Waals surface area contributed by atoms with E-state index in [2.05, 4.69) is 13.8 Å². The Kier molecular flexibility index (Phi) is 6.25. The van der Waals surface area contributed by atoms with Crippen molar-refractivity contribution in [3.63, 3.8) is 0 Å². The van der Waals surface area contributed by atoms with Crippen LogP contribution in [0, 0.1) is 17.3 Å². The molecule has 0 heterocycles. The monoisotopic (exact) mass is 378 g/mol. The summed E-state index contributed by atoms with van der Waals surface area (Å²) in [6.07, 6.45) is 4.54. The number of hydrogen-bond acceptors (Lipinski definition) is 5. The first-order valence-corrected chi connectivity index (χ1v) is 9.87. The van der Waals surface area contributed by atoms with Crippen LogP contribution in [0.25, 0.3) is 0 Å². The van der Waals surface area contributed by atoms with Crippen LogP contribution >= 0.6 is 0 Å². The Labute approximate surface area is 162 Å². The molecule has 2 aliphatic rings. The maximum atomic E-state index is 12.4. The van der Waals surface area contributed by atoms with Crippen molar-refractivity contribution < 1.29 is 24.2 Å². The molecule has 0 aliphatic heterocycles. The second-order valence-electron chi connectivity index (χ2n) is 8.81. The summed E-state index contributed by atoms with van der Waals surface area (Å²) in [5.41, 5.74) is 0.113. The minimum Gasteiger partial charge on any atom is -0.458 e. The zero-order chi connectivity index (χ0) is 20.6. The average molecular weight is 379 g/mol. The molecule has 0 unspecified atom stereocenters. The fraction of sp³-hybridized carbons (Fsp3) is 0.727. The van der Waals surface area contributed by atoms with E-state index in [-0.39, 0.29) is 23.8 Å². The summed E-state index contributed by atoms with van der Waals surface area (Å²) in [4.78, 5) is 24.3. The van der Waals surface area contributed by atoms with Crippen LogP contribution in [0.3, 0.4) is 0 Å². The fourth-order valence-corrected chi connectivity index (χ4v) is 4.60. The molecular weight excluding hydrogens is 344 g/mol. The molecule has 1 saturated carbocycles. The summed E-state index contributed by atoms with van der Waals surface area (Å²) in [6.45, 7) is 12.9. The highest BCUT2D eigenvalue weighted by molar-refractivity contribution is 5.87. The van der Waals surface area contributed by atoms with E-state index in [0.717, 1.165) is 0 Å². The summed E-state index contributed by atoms with van der Waals surface area (Å²) in [5, 5.41) is 11.2. The molecule has 1 N–H and O–H groups in total. The van der Waals surface area contributed by atoms with Crippen LogP contribution in [-0.4, -0.2) is 34.9 Å². The number of carbonyl (C=O) groups is 2. The summed E-state index contributed by atoms with van der Waals surface area (Å²) in [5.74, 6) is -0.615. The van der Waals surface area contributed by atoms with Crippen LogP contribution in [0.1, 0.15) is 67.7 Å². The van der Waals surface area contributed by atoms with Crippen LogP contribution in [0.4, 0.5) is 0 Å². The molecule has 5 nitrogen and oxygen atoms in total. The lowest BCUT2D eigenvalue weighted by molar-refractivity contribution is -0.210. The predicted molar refractivity (Wildman–Crippen MR) is 104 cm³/mol. The molecule has 0 aromatic carbocycles. The fourth-order valence-electron chi connectivity index (χ4n) is 4.60. The third-order valence-electron chi connectivity index (χ3n) is 6.57. The van der Waals surface area contributed by atoms with Gasteiger partial charge in [0.2, 0.25) is 0 Å². The summed E-state index contributed by atoms with van der Waals surface area (Å²) in [7, 11) is 0. The molecule has 0 saturated heterocycles. The first kappa shape index (κ1) is 21.7. The number of hydrogen-bond donors (Lipinski definition) is 1. The quantitative estimate of drug-likeness (QED) is 0.455. The summed E-state index contributed by atoms with van der Waals surface area (Å²) in [6, 6.07) is 0. The third kappa shape index (κ3) is 4.13. The number of allylic oxidation sites excluding steroid dienone is 2. The second kappa shape index (κ2) is 7.78. The van der Waals surface area contributed by atoms with Crippen LogP contribution < -0.4 is 0 Å². The number of esters is 2. The number of carbonyl (C=O) groups excluding carboxylic acids is 2. The number of fused-ring (bicyclic) bond motifs is 1. The van der Waals surface area contributed by atoms with Gasteiger partial charge in [0.1, 0.15) is 12.2 Å². The molecule has 0 amide bonds. The maximum Gasteiger partial charge on any atom is 0.333 e. The van der Waals surface area contributed by atoms with Crippen molar-refractivity contribution in [2.24, 2.45) is 17.3 Å². The van der Waals surface area contributed by atoms with E-state index in [4.69, 9.17) is 9.47 Å². The SMILES string of the molecule is C/C=C(\C)C(=O)O[C@@H]1CC[C@](C)(O)[C@@H]2CC(C(C)C)=C[C@@H](OC(C)=O)[C@]21C. The number of aliphatic hydroxyl groups is 1. The van der Waals surface area contributed by atoms with Crippen LogP contribution in [-0.2, 0) is 19.1 Å². The molecule has 1 fully saturated rings. The van der Waals surface area contributed by atoms with Gasteiger partial charge in [-0.2, -0.15) is 0 Å². The molecule has 0 radical (unpaired) electrons. The topological polar surface area (TPSA) is 72.8 Å². The van der Waals surface area contributed by atoms with Crippen molar-refractivity contribution in [2.75, 3.05) is 0 Å². The highest BCUT2D eigenvalue weighted by atomic mass is 16.6. The van der Waals surface area contributed by atoms with Gasteiger partial charge >= 0.3 is 11.9 Å². The standard InChI is InChI=1S/C22H34O5/c1-8-14(4)20(24)27-18-9-10-21(6,25)17-11-16(13(2)3)12-19(22(17,18)7)26-15(5)23/h8,12-13,17-19,25H,9-11H2,1-7H3/b14-8+/t17-,18+,19+,21-,22+/m0/s1. The molecule has 0 bridgehead atoms. The van der Waals surface area contributed by atoms with E-state index < -0.39 is 23.2 Å². The Bertz CT molecular complexity index is 658. The Hall–Kier alpha value is -1.62. The van der Waals surface area contributed by atoms with E-state index >= 15 is 0 Å². The Balaban J connectivity index is 2.51. The lowest BCUT2D eigenvalue weighted by atomic mass is 9.52. The molecular formula is C22H34O5. The first-order chi connectivity index (χ1) is 12.4. The number of rotatable bonds is 4. The van der Waals surface area contributed by atoms with Gasteiger partial charge in [-0.05, 0) is 52.0 Å². The van der Waals surface area contributed by atoms with Gasteiger partial charge < -0.3 is 14.6 Å². The van der Waals surface area contributed by atoms with Gasteiger partial charge in [-0.1, -0.05) is 32.4 Å². The largest absolute Gasteiger partial charge is 0.458 e. The molecule has 0 spiro atoms. The van der Waals surface area contributed by atoms with Crippen molar-refractivity contribution >= 4 is 11.9 Å². The van der Waals surface area contributed by atoms with Crippen LogP contribution in [0.2, 0.25) is 0 Å². The van der Waals surface area contributed by atoms with E-state index in [1.165, 1.54) is 12.5 Å². The first-order valence-electron chi connectivity index (χ1n) is 9.87. The molecule has 27 heavy (non-hydrogen) atoms. The van der Waals surface area contributed by atoms with Gasteiger partial charge in [-0.15, -0.1) is 0 Å². The minimum atomic E-state index is -0.917. The van der Waals surface area contributed by atoms with Crippen molar-refractivity contribution in [2.45, 2.75) is 85.5 Å². The van der Waals surface area contributed by atoms with Crippen molar-refractivity contribution in [3.05, 3.63) is 23.3 Å². The zero-order valence-corrected chi connectivity index (χ0v) is 17.7. The lowest BCUT2D eigenvalue weighted by Crippen LogP contribution is -2.62. The summed E-state index contributed by atoms with van der Waals surface area (Å²) >= 11 is 0. The molecule has 0 aromatic heterocycles. The van der Waals surface area contributed by atoms with Gasteiger partial charge in [-0.3, -0.25) is 4.79 Å². The molecule has 2 rings (SSSR count). The summed E-state index contributed by atoms with van der Waals surface area (Å²) < 4.78 is 11.6. The lowest BCUT2D eigenvalue weighted by Gasteiger charge is -2.57. The predicted octanol–water partition coefficient (Wildman–Crippen LogP) is 3.95. The van der Waals surface area contributed by atoms with E-state index in [9.17, 15) is 14.7 Å². The Morgan fingerprint density at radius 1 is 1.26 bits per heavy atom. The number of ether oxygens (including phenoxy) is 2. The highest BCUT2D eigenvalue weighted by Crippen LogP contribution is 2.56. The average Bonchev–Trinajstić information content (AvgIpc) is 2.57. The minimum absolute atomic E-state index is 0.172. The van der Waals surface area contributed by atoms with Gasteiger partial charge in [0.15, 0.2) is 0 Å². The van der Waals surface area contributed by atoms with Crippen molar-refractivity contribution in [3.8, 4) is 0 Å². The normalized spacial score (nSPS) is 36.7. The van der Waals surface area contributed by atoms with E-state index in [1.54, 1.807) is 19.9 Å². The van der Waals surface area contributed by atoms with Gasteiger partial charge in [-0.25, -0.2) is 4.79 Å². The van der Waals surface area contributed by atoms with Crippen molar-refractivity contribution in [1.82, 2.24) is 0 Å². The third-order valence-corrected chi connectivity index (χ3v) is 6.57. The van der Waals surface area contributed by atoms with Gasteiger partial charge in [0, 0.05) is 18.4 Å². The molecule has 5 heteroatoms. The Morgan fingerprint density at radius 3 is 2.41 bits per heavy atom. The van der Waals surface area contributed by atoms with Gasteiger partial charge in [0.25, 0.3) is 0 Å². The van der Waals surface area contributed by atoms with Gasteiger partial charge in [0.05, 0.1) is 11.0 Å². The van der Waals surface area contributed by atoms with Crippen LogP contribution in [0.5, 0.6) is 0 Å². The molecule has 5 atom stereocenters. The van der Waals surface area contributed by atoms with Crippen LogP contribution in [0.15, 0.2) is 23.3 Å². The molecule has 2 aliphatic carbocycles. The van der Waals surface area contributed by atoms with E-state index in [1.807, 2.05) is 19.9 Å². The maximum absolute atomic E-state index is 12.4. The Morgan fingerprint density at radius 2 is 1.89 bits per heavy atom. The smallest absolute Gasteiger partial charge is 0.333 e. The molecule has 152 valence electrons. The highest BCUT2D eigenvalue weighted by Gasteiger charge is 2.60. The van der Waals surface area contributed by atoms with E-state index in [0.29, 0.717) is 24.8 Å². The molecule has 0 aromatic rings. The second-order valence-corrected chi connectivity index (χ2v) is 8.81. The van der Waals surface area contributed by atoms with Crippen molar-refractivity contribution in [1.29, 1.82) is 0 Å². The zero-order valence-electron chi connectivity index (χ0n) is 17.7.